The van der Waals surface area contributed by atoms with Crippen LogP contribution in [0.15, 0.2) is 209 Å². The number of pyridine rings is 1. The highest BCUT2D eigenvalue weighted by atomic mass is 32.3. The Morgan fingerprint density at radius 2 is 1.09 bits per heavy atom. The van der Waals surface area contributed by atoms with Crippen molar-refractivity contribution in [3.8, 4) is 40.2 Å². The van der Waals surface area contributed by atoms with E-state index in [1.54, 1.807) is 59.4 Å². The number of nitrogens with zero attached hydrogens (tertiary/aromatic N) is 9. The molecule has 5 aliphatic heterocycles. The van der Waals surface area contributed by atoms with E-state index in [1.165, 1.54) is 79.9 Å². The van der Waals surface area contributed by atoms with Crippen molar-refractivity contribution >= 4 is 79.1 Å². The molecular weight excluding hydrogens is 1800 g/mol. The molecular formula is C97H106N11O26S2+. The van der Waals surface area contributed by atoms with Crippen LogP contribution in [0.5, 0.6) is 40.2 Å². The predicted molar refractivity (Wildman–Crippen MR) is 493 cm³/mol. The van der Waals surface area contributed by atoms with Gasteiger partial charge in [-0.3, -0.25) is 34.0 Å². The van der Waals surface area contributed by atoms with Crippen LogP contribution in [-0.4, -0.2) is 272 Å². The van der Waals surface area contributed by atoms with Crippen molar-refractivity contribution in [1.82, 2.24) is 35.4 Å². The zero-order valence-electron chi connectivity index (χ0n) is 75.0. The zero-order valence-corrected chi connectivity index (χ0v) is 76.6. The minimum absolute atomic E-state index is 0.00639. The quantitative estimate of drug-likeness (QED) is 0.0129. The number of hydrogen-bond acceptors (Lipinski definition) is 31. The van der Waals surface area contributed by atoms with Gasteiger partial charge in [-0.05, 0) is 121 Å². The largest absolute Gasteiger partial charge is 0.501 e. The second-order valence-corrected chi connectivity index (χ2v) is 35.8. The Morgan fingerprint density at radius 3 is 1.66 bits per heavy atom. The summed E-state index contributed by atoms with van der Waals surface area (Å²) in [5, 5.41) is 55.5. The van der Waals surface area contributed by atoms with Crippen molar-refractivity contribution in [3.63, 3.8) is 0 Å². The first-order valence-electron chi connectivity index (χ1n) is 44.3. The molecule has 10 aromatic rings. The summed E-state index contributed by atoms with van der Waals surface area (Å²) in [6.07, 6.45) is 1.49. The number of ether oxygens (including phenoxy) is 11. The lowest BCUT2D eigenvalue weighted by Crippen LogP contribution is -2.60. The number of aromatic nitrogens is 4. The lowest BCUT2D eigenvalue weighted by Gasteiger charge is -2.39. The van der Waals surface area contributed by atoms with Gasteiger partial charge in [0, 0.05) is 97.2 Å². The normalized spacial score (nSPS) is 17.6. The number of sulfone groups is 1. The van der Waals surface area contributed by atoms with Crippen LogP contribution in [0.3, 0.4) is 0 Å². The molecule has 6 N–H and O–H groups in total. The van der Waals surface area contributed by atoms with Crippen LogP contribution in [-0.2, 0) is 94.3 Å². The number of anilines is 1. The summed E-state index contributed by atoms with van der Waals surface area (Å²) in [7, 11) is -5.67. The average molecular weight is 1910 g/mol. The summed E-state index contributed by atoms with van der Waals surface area (Å²) in [4.78, 5) is 83.1. The van der Waals surface area contributed by atoms with Crippen LogP contribution in [0.2, 0.25) is 0 Å². The lowest BCUT2D eigenvalue weighted by molar-refractivity contribution is -0.688. The first-order chi connectivity index (χ1) is 65.9. The number of aliphatic hydroxyl groups excluding tert-OH is 4. The molecule has 1 saturated heterocycles. The fourth-order valence-corrected chi connectivity index (χ4v) is 17.8. The van der Waals surface area contributed by atoms with Gasteiger partial charge in [0.15, 0.2) is 69.1 Å². The number of fused-ring (bicyclic) bond motifs is 6. The molecule has 1 fully saturated rings. The summed E-state index contributed by atoms with van der Waals surface area (Å²) in [6.45, 7) is 6.05. The van der Waals surface area contributed by atoms with Crippen molar-refractivity contribution < 1.29 is 126 Å². The minimum atomic E-state index is -5.08. The van der Waals surface area contributed by atoms with E-state index >= 15 is 0 Å². The maximum atomic E-state index is 14.3. The second-order valence-electron chi connectivity index (χ2n) is 32.5. The van der Waals surface area contributed by atoms with Crippen molar-refractivity contribution in [2.75, 3.05) is 130 Å². The van der Waals surface area contributed by atoms with Crippen molar-refractivity contribution in [2.45, 2.75) is 107 Å². The van der Waals surface area contributed by atoms with Crippen LogP contribution in [0, 0.1) is 6.92 Å². The van der Waals surface area contributed by atoms with E-state index < -0.39 is 75.0 Å². The van der Waals surface area contributed by atoms with E-state index in [9.17, 15) is 61.2 Å². The molecule has 0 saturated carbocycles. The number of benzene rings is 8. The van der Waals surface area contributed by atoms with E-state index in [0.717, 1.165) is 40.1 Å². The second kappa shape index (κ2) is 45.9. The highest BCUT2D eigenvalue weighted by molar-refractivity contribution is 7.91. The first-order valence-corrected chi connectivity index (χ1v) is 47.3. The highest BCUT2D eigenvalue weighted by Gasteiger charge is 2.46. The van der Waals surface area contributed by atoms with Gasteiger partial charge in [0.25, 0.3) is 23.6 Å². The molecule has 7 heterocycles. The van der Waals surface area contributed by atoms with Gasteiger partial charge in [-0.25, -0.2) is 17.7 Å². The number of aryl methyl sites for hydroxylation is 1. The number of ketones is 1. The van der Waals surface area contributed by atoms with Gasteiger partial charge in [-0.2, -0.15) is 0 Å². The number of aliphatic hydroxyl groups is 4. The molecule has 37 nitrogen and oxygen atoms in total. The fourth-order valence-electron chi connectivity index (χ4n) is 15.9. The Labute approximate surface area is 785 Å². The molecule has 0 spiro atoms. The minimum Gasteiger partial charge on any atom is -0.493 e. The third-order valence-corrected chi connectivity index (χ3v) is 25.8. The summed E-state index contributed by atoms with van der Waals surface area (Å²) in [5.74, 6) is -1.75. The predicted octanol–water partition coefficient (Wildman–Crippen LogP) is 6.84. The Hall–Kier alpha value is -13.2. The highest BCUT2D eigenvalue weighted by Crippen LogP contribution is 2.42. The number of carbonyl (C=O) groups excluding carboxylic acids is 5. The van der Waals surface area contributed by atoms with E-state index in [1.807, 2.05) is 94.6 Å². The summed E-state index contributed by atoms with van der Waals surface area (Å²) < 4.78 is 132. The molecule has 8 aromatic carbocycles. The van der Waals surface area contributed by atoms with Crippen LogP contribution < -0.4 is 52.2 Å². The Balaban J connectivity index is 0.497. The third-order valence-electron chi connectivity index (χ3n) is 23.3. The van der Waals surface area contributed by atoms with E-state index in [-0.39, 0.29) is 150 Å². The van der Waals surface area contributed by atoms with Gasteiger partial charge in [-0.1, -0.05) is 83.6 Å². The van der Waals surface area contributed by atoms with Gasteiger partial charge in [0.1, 0.15) is 49.1 Å². The number of carbonyl (C=O) groups is 5. The molecule has 0 aliphatic carbocycles. The SMILES string of the molecule is COc1cc2c(cc1OCCN(CCOc1cc3c(cc1OC)C(=O)N1Cc4ccccc4CC1C=N3)c1cc[n+](Cc3ccc(OS(=O)(=O)Oc4cc(C(=O)NCCOCCOCCOCCn5cc(COCCOCCNC(=O)c6ccc(C(=O)CCS(=O)(=O)c7ccc(C)cc7)cc6)nn5)ccc4OC4OC(CO)C(O)C(O)C4O)cc3)cc1)N=CC1Cc3ccccc3CN1C2=O. The standard InChI is InChI=1S/C97H105N11O26S2/c1-63-12-23-77(24-13-63)135(118,119)47-28-82(110)65-16-18-66(19-17-65)93(114)98-29-36-125-45-46-128-62-72-60-106(103-102-72)35-38-126-42-44-127-43-41-124-37-30-99-94(115)69-20-25-83(131-97-92(113)91(112)90(111)89(61-109)132-97)88(50-69)134-136(120,121)133-76-21-14-64(15-22-76)57-104-31-26-73(27-32-104)105(33-39-129-86-53-80-78(51-84(86)122-2)95(116)107-58-70-10-6-4-8-67(70)48-74(107)55-100-80)34-40-130-87-54-81-79(52-85(87)123-3)96(117)108-59-71-11-7-5-9-68(71)49-75(108)56-101-81/h4-27,31-32,50-56,60,74-75,89-92,97,109,111-113H,28-30,33-49,57-59,61-62H2,1-3H3,(H-,98,99,114,115)/p+1. The van der Waals surface area contributed by atoms with Gasteiger partial charge >= 0.3 is 10.4 Å². The molecule has 5 aliphatic rings. The van der Waals surface area contributed by atoms with E-state index in [2.05, 4.69) is 38.0 Å². The van der Waals surface area contributed by atoms with Crippen LogP contribution in [0.1, 0.15) is 97.3 Å². The zero-order chi connectivity index (χ0) is 95.2. The van der Waals surface area contributed by atoms with Crippen LogP contribution >= 0.6 is 0 Å². The average Bonchev–Trinajstić information content (AvgIpc) is 1.58. The smallest absolute Gasteiger partial charge is 0.493 e. The van der Waals surface area contributed by atoms with E-state index in [4.69, 9.17) is 70.5 Å². The van der Waals surface area contributed by atoms with Crippen molar-refractivity contribution in [2.24, 2.45) is 9.98 Å². The molecule has 15 rings (SSSR count). The summed E-state index contributed by atoms with van der Waals surface area (Å²) in [6, 6.07) is 48.4. The number of nitrogens with one attached hydrogen (secondary N) is 2. The molecule has 7 unspecified atom stereocenters. The van der Waals surface area contributed by atoms with Gasteiger partial charge in [-0.15, -0.1) is 13.5 Å². The van der Waals surface area contributed by atoms with Crippen molar-refractivity contribution in [1.29, 1.82) is 0 Å². The summed E-state index contributed by atoms with van der Waals surface area (Å²) in [5.41, 5.74) is 9.78. The maximum absolute atomic E-state index is 14.3. The number of rotatable bonds is 47. The Kier molecular flexibility index (Phi) is 32.9. The van der Waals surface area contributed by atoms with Crippen LogP contribution in [0.25, 0.3) is 0 Å². The number of amides is 4. The molecule has 7 atom stereocenters. The van der Waals surface area contributed by atoms with Crippen molar-refractivity contribution in [3.05, 3.63) is 261 Å². The monoisotopic (exact) mass is 1900 g/mol. The Bertz CT molecular complexity index is 6010. The topological polar surface area (TPSA) is 448 Å². The molecule has 0 bridgehead atoms. The molecule has 2 aromatic heterocycles. The van der Waals surface area contributed by atoms with Gasteiger partial charge in [0.2, 0.25) is 6.29 Å². The lowest BCUT2D eigenvalue weighted by atomic mass is 9.94. The summed E-state index contributed by atoms with van der Waals surface area (Å²) >= 11 is 0. The van der Waals surface area contributed by atoms with Gasteiger partial charge < -0.3 is 106 Å². The number of aliphatic imine (C=N–C) groups is 2. The van der Waals surface area contributed by atoms with E-state index in [0.29, 0.717) is 121 Å². The molecule has 0 radical (unpaired) electrons. The van der Waals surface area contributed by atoms with Crippen LogP contribution in [0.4, 0.5) is 17.1 Å². The number of hydrogen-bond donors (Lipinski definition) is 6. The fraction of sp³-hybridized carbons (Fsp3) is 0.361. The number of methoxy groups -OCH3 is 2. The third kappa shape index (κ3) is 25.1. The number of Topliss-reactive ketones (excluding diaryl/α,β-unsaturated/α-hetero) is 1. The molecule has 136 heavy (non-hydrogen) atoms. The van der Waals surface area contributed by atoms with Gasteiger partial charge in [0.05, 0.1) is 158 Å². The molecule has 716 valence electrons. The molecule has 4 amide bonds. The first kappa shape index (κ1) is 97.4. The maximum Gasteiger partial charge on any atom is 0.501 e. The molecule has 39 heteroatoms. The Morgan fingerprint density at radius 1 is 0.551 bits per heavy atom.